The fourth-order valence-electron chi connectivity index (χ4n) is 2.39. The van der Waals surface area contributed by atoms with E-state index in [-0.39, 0.29) is 35.1 Å². The number of hydrogen-bond donors (Lipinski definition) is 2. The van der Waals surface area contributed by atoms with E-state index in [1.54, 1.807) is 0 Å². The molecule has 0 aliphatic heterocycles. The molecule has 2 atom stereocenters. The van der Waals surface area contributed by atoms with Crippen LogP contribution in [0.1, 0.15) is 25.7 Å². The molecule has 118 valence electrons. The fourth-order valence-corrected chi connectivity index (χ4v) is 3.71. The molecule has 0 saturated heterocycles. The summed E-state index contributed by atoms with van der Waals surface area (Å²) in [5.74, 6) is 0. The van der Waals surface area contributed by atoms with Crippen molar-refractivity contribution in [1.29, 1.82) is 0 Å². The van der Waals surface area contributed by atoms with Gasteiger partial charge in [0.05, 0.1) is 9.82 Å². The van der Waals surface area contributed by atoms with Gasteiger partial charge in [-0.3, -0.25) is 10.1 Å². The number of non-ortho nitro benzene ring substituents is 1. The van der Waals surface area contributed by atoms with Crippen molar-refractivity contribution in [3.8, 4) is 0 Å². The van der Waals surface area contributed by atoms with Crippen LogP contribution in [-0.4, -0.2) is 25.4 Å². The molecular weight excluding hydrogens is 318 g/mol. The number of nitrogens with zero attached hydrogens (tertiary/aromatic N) is 1. The van der Waals surface area contributed by atoms with Gasteiger partial charge in [-0.25, -0.2) is 13.1 Å². The van der Waals surface area contributed by atoms with Gasteiger partial charge < -0.3 is 5.73 Å². The van der Waals surface area contributed by atoms with Gasteiger partial charge in [-0.15, -0.1) is 12.4 Å². The standard InChI is InChI=1S/C12H17N3O4S.ClH/c13-9-3-1-4-10(7-9)14-20(18,19)12-6-2-5-11(8-12)15(16)17;/h2,5-6,8-10,14H,1,3-4,7,13H2;1H. The predicted molar refractivity (Wildman–Crippen MR) is 80.9 cm³/mol. The van der Waals surface area contributed by atoms with Crippen LogP contribution in [0.15, 0.2) is 29.2 Å². The lowest BCUT2D eigenvalue weighted by molar-refractivity contribution is -0.385. The molecule has 0 spiro atoms. The highest BCUT2D eigenvalue weighted by Crippen LogP contribution is 2.21. The molecule has 1 fully saturated rings. The fraction of sp³-hybridized carbons (Fsp3) is 0.500. The Morgan fingerprint density at radius 3 is 2.67 bits per heavy atom. The van der Waals surface area contributed by atoms with E-state index in [0.717, 1.165) is 25.3 Å². The normalized spacial score (nSPS) is 22.3. The Morgan fingerprint density at radius 1 is 1.33 bits per heavy atom. The molecular formula is C12H18ClN3O4S. The highest BCUT2D eigenvalue weighted by atomic mass is 35.5. The number of benzene rings is 1. The Labute approximate surface area is 129 Å². The van der Waals surface area contributed by atoms with E-state index in [2.05, 4.69) is 4.72 Å². The van der Waals surface area contributed by atoms with Gasteiger partial charge in [0.2, 0.25) is 10.0 Å². The van der Waals surface area contributed by atoms with Gasteiger partial charge in [0.15, 0.2) is 0 Å². The number of halogens is 1. The van der Waals surface area contributed by atoms with Gasteiger partial charge in [0, 0.05) is 24.2 Å². The number of hydrogen-bond acceptors (Lipinski definition) is 5. The summed E-state index contributed by atoms with van der Waals surface area (Å²) in [4.78, 5) is 9.98. The summed E-state index contributed by atoms with van der Waals surface area (Å²) in [6.07, 6.45) is 3.11. The van der Waals surface area contributed by atoms with Gasteiger partial charge in [-0.05, 0) is 25.3 Å². The highest BCUT2D eigenvalue weighted by Gasteiger charge is 2.25. The third kappa shape index (κ3) is 4.63. The maximum Gasteiger partial charge on any atom is 0.270 e. The number of nitro groups is 1. The minimum Gasteiger partial charge on any atom is -0.328 e. The van der Waals surface area contributed by atoms with E-state index in [1.165, 1.54) is 18.2 Å². The van der Waals surface area contributed by atoms with Crippen LogP contribution in [0.4, 0.5) is 5.69 Å². The van der Waals surface area contributed by atoms with E-state index in [1.807, 2.05) is 0 Å². The molecule has 21 heavy (non-hydrogen) atoms. The van der Waals surface area contributed by atoms with E-state index >= 15 is 0 Å². The second-order valence-electron chi connectivity index (χ2n) is 5.00. The first-order valence-corrected chi connectivity index (χ1v) is 7.89. The Kier molecular flexibility index (Phi) is 6.09. The van der Waals surface area contributed by atoms with Gasteiger partial charge in [0.25, 0.3) is 5.69 Å². The number of rotatable bonds is 4. The average Bonchev–Trinajstić information content (AvgIpc) is 2.38. The zero-order chi connectivity index (χ0) is 14.8. The molecule has 1 aliphatic carbocycles. The Balaban J connectivity index is 0.00000220. The van der Waals surface area contributed by atoms with Crippen LogP contribution in [0, 0.1) is 10.1 Å². The molecule has 2 unspecified atom stereocenters. The molecule has 1 aromatic carbocycles. The van der Waals surface area contributed by atoms with E-state index < -0.39 is 14.9 Å². The van der Waals surface area contributed by atoms with Crippen molar-refractivity contribution in [3.05, 3.63) is 34.4 Å². The molecule has 1 saturated carbocycles. The van der Waals surface area contributed by atoms with Crippen LogP contribution < -0.4 is 10.5 Å². The third-order valence-corrected chi connectivity index (χ3v) is 4.89. The molecule has 7 nitrogen and oxygen atoms in total. The first kappa shape index (κ1) is 17.8. The lowest BCUT2D eigenvalue weighted by Gasteiger charge is -2.27. The van der Waals surface area contributed by atoms with Crippen LogP contribution in [0.5, 0.6) is 0 Å². The zero-order valence-corrected chi connectivity index (χ0v) is 12.9. The monoisotopic (exact) mass is 335 g/mol. The predicted octanol–water partition coefficient (Wildman–Crippen LogP) is 1.56. The van der Waals surface area contributed by atoms with Crippen LogP contribution in [0.3, 0.4) is 0 Å². The summed E-state index contributed by atoms with van der Waals surface area (Å²) < 4.78 is 27.0. The summed E-state index contributed by atoms with van der Waals surface area (Å²) in [7, 11) is -3.75. The Bertz CT molecular complexity index is 608. The second-order valence-corrected chi connectivity index (χ2v) is 6.71. The zero-order valence-electron chi connectivity index (χ0n) is 11.3. The molecule has 0 amide bonds. The number of nitro benzene ring substituents is 1. The topological polar surface area (TPSA) is 115 Å². The van der Waals surface area contributed by atoms with Gasteiger partial charge in [-0.1, -0.05) is 12.5 Å². The van der Waals surface area contributed by atoms with Gasteiger partial charge in [0.1, 0.15) is 0 Å². The summed E-state index contributed by atoms with van der Waals surface area (Å²) >= 11 is 0. The van der Waals surface area contributed by atoms with Crippen LogP contribution >= 0.6 is 12.4 Å². The minimum atomic E-state index is -3.75. The first-order valence-electron chi connectivity index (χ1n) is 6.41. The summed E-state index contributed by atoms with van der Waals surface area (Å²) in [5, 5.41) is 10.7. The van der Waals surface area contributed by atoms with Crippen molar-refractivity contribution in [1.82, 2.24) is 4.72 Å². The molecule has 0 heterocycles. The van der Waals surface area contributed by atoms with Crippen LogP contribution in [0.25, 0.3) is 0 Å². The Morgan fingerprint density at radius 2 is 2.05 bits per heavy atom. The average molecular weight is 336 g/mol. The SMILES string of the molecule is Cl.NC1CCCC(NS(=O)(=O)c2cccc([N+](=O)[O-])c2)C1. The van der Waals surface area contributed by atoms with Crippen molar-refractivity contribution in [2.24, 2.45) is 5.73 Å². The first-order chi connectivity index (χ1) is 9.38. The number of sulfonamides is 1. The molecule has 0 aromatic heterocycles. The van der Waals surface area contributed by atoms with Crippen molar-refractivity contribution < 1.29 is 13.3 Å². The molecule has 1 aliphatic rings. The number of nitrogens with one attached hydrogen (secondary N) is 1. The molecule has 1 aromatic rings. The van der Waals surface area contributed by atoms with E-state index in [0.29, 0.717) is 6.42 Å². The molecule has 2 rings (SSSR count). The Hall–Kier alpha value is -1.22. The minimum absolute atomic E-state index is 0. The highest BCUT2D eigenvalue weighted by molar-refractivity contribution is 7.89. The number of nitrogens with two attached hydrogens (primary N) is 1. The van der Waals surface area contributed by atoms with Gasteiger partial charge >= 0.3 is 0 Å². The quantitative estimate of drug-likeness (QED) is 0.640. The summed E-state index contributed by atoms with van der Waals surface area (Å²) in [6.45, 7) is 0. The van der Waals surface area contributed by atoms with Crippen LogP contribution in [0.2, 0.25) is 0 Å². The lowest BCUT2D eigenvalue weighted by Crippen LogP contribution is -2.42. The summed E-state index contributed by atoms with van der Waals surface area (Å²) in [5.41, 5.74) is 5.58. The smallest absolute Gasteiger partial charge is 0.270 e. The second kappa shape index (κ2) is 7.17. The molecule has 0 radical (unpaired) electrons. The lowest BCUT2D eigenvalue weighted by atomic mass is 9.92. The maximum atomic E-state index is 12.2. The van der Waals surface area contributed by atoms with Crippen molar-refractivity contribution in [2.45, 2.75) is 42.7 Å². The maximum absolute atomic E-state index is 12.2. The van der Waals surface area contributed by atoms with E-state index in [9.17, 15) is 18.5 Å². The molecule has 9 heteroatoms. The molecule has 3 N–H and O–H groups in total. The van der Waals surface area contributed by atoms with Crippen LogP contribution in [-0.2, 0) is 10.0 Å². The van der Waals surface area contributed by atoms with Crippen molar-refractivity contribution in [2.75, 3.05) is 0 Å². The largest absolute Gasteiger partial charge is 0.328 e. The third-order valence-electron chi connectivity index (χ3n) is 3.38. The molecule has 0 bridgehead atoms. The van der Waals surface area contributed by atoms with E-state index in [4.69, 9.17) is 5.73 Å². The summed E-state index contributed by atoms with van der Waals surface area (Å²) in [6, 6.07) is 4.82. The van der Waals surface area contributed by atoms with Crippen molar-refractivity contribution in [3.63, 3.8) is 0 Å². The van der Waals surface area contributed by atoms with Gasteiger partial charge in [-0.2, -0.15) is 0 Å². The van der Waals surface area contributed by atoms with Crippen molar-refractivity contribution >= 4 is 28.1 Å².